The van der Waals surface area contributed by atoms with Crippen molar-refractivity contribution in [1.29, 1.82) is 0 Å². The zero-order valence-electron chi connectivity index (χ0n) is 11.0. The van der Waals surface area contributed by atoms with Crippen LogP contribution in [-0.2, 0) is 7.05 Å². The summed E-state index contributed by atoms with van der Waals surface area (Å²) in [4.78, 5) is 12.9. The molecule has 0 aliphatic heterocycles. The van der Waals surface area contributed by atoms with E-state index in [0.717, 1.165) is 18.7 Å². The molecule has 1 aliphatic carbocycles. The Morgan fingerprint density at radius 2 is 2.20 bits per heavy atom. The molecular weight excluding hydrogens is 258 g/mol. The minimum Gasteiger partial charge on any atom is -0.448 e. The quantitative estimate of drug-likeness (QED) is 0.727. The van der Waals surface area contributed by atoms with E-state index in [1.54, 1.807) is 12.5 Å². The molecule has 0 atom stereocenters. The van der Waals surface area contributed by atoms with E-state index in [0.29, 0.717) is 29.2 Å². The molecule has 20 heavy (non-hydrogen) atoms. The van der Waals surface area contributed by atoms with Crippen molar-refractivity contribution >= 4 is 0 Å². The summed E-state index contributed by atoms with van der Waals surface area (Å²) in [5, 5.41) is 3.93. The van der Waals surface area contributed by atoms with Gasteiger partial charge in [0.05, 0.1) is 0 Å². The lowest BCUT2D eigenvalue weighted by atomic mass is 9.85. The van der Waals surface area contributed by atoms with Gasteiger partial charge in [0.1, 0.15) is 6.26 Å². The van der Waals surface area contributed by atoms with E-state index in [1.807, 2.05) is 17.8 Å². The fraction of sp³-hybridized carbons (Fsp3) is 0.385. The third-order valence-corrected chi connectivity index (χ3v) is 3.64. The first-order valence-electron chi connectivity index (χ1n) is 6.58. The van der Waals surface area contributed by atoms with Gasteiger partial charge >= 0.3 is 0 Å². The van der Waals surface area contributed by atoms with Crippen molar-refractivity contribution in [2.45, 2.75) is 25.2 Å². The zero-order chi connectivity index (χ0) is 13.5. The lowest BCUT2D eigenvalue weighted by Crippen LogP contribution is -2.08. The van der Waals surface area contributed by atoms with Gasteiger partial charge in [-0.3, -0.25) is 0 Å². The average Bonchev–Trinajstić information content (AvgIpc) is 3.04. The van der Waals surface area contributed by atoms with Crippen molar-refractivity contribution < 1.29 is 8.94 Å². The van der Waals surface area contributed by atoms with E-state index >= 15 is 0 Å². The van der Waals surface area contributed by atoms with Crippen LogP contribution in [0.5, 0.6) is 0 Å². The summed E-state index contributed by atoms with van der Waals surface area (Å²) < 4.78 is 12.6. The Morgan fingerprint density at radius 3 is 2.90 bits per heavy atom. The number of imidazole rings is 1. The molecule has 1 aliphatic rings. The molecule has 0 radical (unpaired) electrons. The normalized spacial score (nSPS) is 15.4. The van der Waals surface area contributed by atoms with E-state index in [4.69, 9.17) is 8.94 Å². The third kappa shape index (κ3) is 1.74. The number of nitrogens with zero attached hydrogens (tertiary/aromatic N) is 5. The Bertz CT molecular complexity index is 737. The lowest BCUT2D eigenvalue weighted by molar-refractivity contribution is 0.335. The van der Waals surface area contributed by atoms with Crippen molar-refractivity contribution in [3.05, 3.63) is 24.5 Å². The van der Waals surface area contributed by atoms with E-state index in [1.165, 1.54) is 6.42 Å². The van der Waals surface area contributed by atoms with Crippen molar-refractivity contribution in [2.75, 3.05) is 0 Å². The van der Waals surface area contributed by atoms with Gasteiger partial charge < -0.3 is 13.5 Å². The Kier molecular flexibility index (Phi) is 2.45. The summed E-state index contributed by atoms with van der Waals surface area (Å²) in [5.74, 6) is 2.67. The number of hydrogen-bond donors (Lipinski definition) is 0. The first-order chi connectivity index (χ1) is 9.81. The predicted octanol–water partition coefficient (Wildman–Crippen LogP) is 2.39. The summed E-state index contributed by atoms with van der Waals surface area (Å²) in [7, 11) is 1.88. The van der Waals surface area contributed by atoms with Gasteiger partial charge in [-0.15, -0.1) is 0 Å². The van der Waals surface area contributed by atoms with Gasteiger partial charge in [0.2, 0.25) is 5.82 Å². The molecule has 0 saturated heterocycles. The van der Waals surface area contributed by atoms with Gasteiger partial charge in [-0.05, 0) is 12.8 Å². The smallest absolute Gasteiger partial charge is 0.280 e. The number of rotatable bonds is 3. The van der Waals surface area contributed by atoms with Crippen LogP contribution in [0.25, 0.3) is 23.2 Å². The summed E-state index contributed by atoms with van der Waals surface area (Å²) >= 11 is 0. The maximum Gasteiger partial charge on any atom is 0.280 e. The number of aryl methyl sites for hydroxylation is 1. The van der Waals surface area contributed by atoms with E-state index in [2.05, 4.69) is 20.1 Å². The summed E-state index contributed by atoms with van der Waals surface area (Å²) in [6, 6.07) is 0. The van der Waals surface area contributed by atoms with E-state index in [-0.39, 0.29) is 0 Å². The Hall–Kier alpha value is -2.44. The Labute approximate surface area is 114 Å². The molecule has 1 saturated carbocycles. The van der Waals surface area contributed by atoms with Crippen molar-refractivity contribution in [2.24, 2.45) is 7.05 Å². The topological polar surface area (TPSA) is 82.8 Å². The highest BCUT2D eigenvalue weighted by Crippen LogP contribution is 2.36. The van der Waals surface area contributed by atoms with Crippen LogP contribution in [0.4, 0.5) is 0 Å². The third-order valence-electron chi connectivity index (χ3n) is 3.64. The van der Waals surface area contributed by atoms with Crippen LogP contribution in [-0.4, -0.2) is 24.7 Å². The van der Waals surface area contributed by atoms with Gasteiger partial charge in [-0.2, -0.15) is 4.98 Å². The molecule has 3 aromatic rings. The molecule has 0 unspecified atom stereocenters. The number of oxazole rings is 1. The minimum absolute atomic E-state index is 0.359. The van der Waals surface area contributed by atoms with Crippen LogP contribution >= 0.6 is 0 Å². The second-order valence-electron chi connectivity index (χ2n) is 4.98. The Balaban J connectivity index is 1.64. The highest BCUT2D eigenvalue weighted by molar-refractivity contribution is 5.50. The van der Waals surface area contributed by atoms with Gasteiger partial charge in [-0.25, -0.2) is 9.97 Å². The molecule has 4 rings (SSSR count). The van der Waals surface area contributed by atoms with Crippen LogP contribution in [0.2, 0.25) is 0 Å². The first kappa shape index (κ1) is 11.4. The standard InChI is InChI=1S/C13H13N5O2/c1-18-6-5-14-11(18)10-16-13(20-17-10)9-7-19-12(15-9)8-3-2-4-8/h5-8H,2-4H2,1H3. The maximum atomic E-state index is 5.49. The molecule has 0 amide bonds. The predicted molar refractivity (Wildman–Crippen MR) is 68.6 cm³/mol. The monoisotopic (exact) mass is 271 g/mol. The van der Waals surface area contributed by atoms with Gasteiger partial charge in [-0.1, -0.05) is 11.6 Å². The fourth-order valence-corrected chi connectivity index (χ4v) is 2.23. The van der Waals surface area contributed by atoms with Gasteiger partial charge in [0.15, 0.2) is 17.4 Å². The van der Waals surface area contributed by atoms with Crippen LogP contribution in [0.3, 0.4) is 0 Å². The fourth-order valence-electron chi connectivity index (χ4n) is 2.23. The molecule has 0 aromatic carbocycles. The first-order valence-corrected chi connectivity index (χ1v) is 6.58. The average molecular weight is 271 g/mol. The maximum absolute atomic E-state index is 5.49. The van der Waals surface area contributed by atoms with Gasteiger partial charge in [0.25, 0.3) is 5.89 Å². The second-order valence-corrected chi connectivity index (χ2v) is 4.98. The van der Waals surface area contributed by atoms with Crippen molar-refractivity contribution in [3.63, 3.8) is 0 Å². The molecule has 7 nitrogen and oxygen atoms in total. The molecule has 7 heteroatoms. The van der Waals surface area contributed by atoms with E-state index < -0.39 is 0 Å². The molecule has 102 valence electrons. The van der Waals surface area contributed by atoms with Crippen LogP contribution in [0, 0.1) is 0 Å². The molecule has 0 bridgehead atoms. The molecule has 0 N–H and O–H groups in total. The van der Waals surface area contributed by atoms with Crippen molar-refractivity contribution in [1.82, 2.24) is 24.7 Å². The molecule has 3 heterocycles. The van der Waals surface area contributed by atoms with E-state index in [9.17, 15) is 0 Å². The molecule has 3 aromatic heterocycles. The Morgan fingerprint density at radius 1 is 1.30 bits per heavy atom. The summed E-state index contributed by atoms with van der Waals surface area (Å²) in [6.07, 6.45) is 8.62. The zero-order valence-corrected chi connectivity index (χ0v) is 11.0. The SMILES string of the molecule is Cn1ccnc1-c1noc(-c2coc(C3CCC3)n2)n1. The largest absolute Gasteiger partial charge is 0.448 e. The summed E-state index contributed by atoms with van der Waals surface area (Å²) in [6.45, 7) is 0. The summed E-state index contributed by atoms with van der Waals surface area (Å²) in [5.41, 5.74) is 0.583. The molecule has 1 fully saturated rings. The minimum atomic E-state index is 0.359. The van der Waals surface area contributed by atoms with Crippen LogP contribution < -0.4 is 0 Å². The molecule has 0 spiro atoms. The lowest BCUT2D eigenvalue weighted by Gasteiger charge is -2.21. The number of hydrogen-bond acceptors (Lipinski definition) is 6. The second kappa shape index (κ2) is 4.29. The highest BCUT2D eigenvalue weighted by atomic mass is 16.5. The van der Waals surface area contributed by atoms with Gasteiger partial charge in [0, 0.05) is 25.4 Å². The molecular formula is C13H13N5O2. The van der Waals surface area contributed by atoms with Crippen molar-refractivity contribution in [3.8, 4) is 23.2 Å². The van der Waals surface area contributed by atoms with Crippen LogP contribution in [0.1, 0.15) is 31.1 Å². The van der Waals surface area contributed by atoms with Crippen LogP contribution in [0.15, 0.2) is 27.6 Å². The number of aromatic nitrogens is 5. The highest BCUT2D eigenvalue weighted by Gasteiger charge is 2.25.